The van der Waals surface area contributed by atoms with Crippen molar-refractivity contribution in [2.45, 2.75) is 12.7 Å². The Labute approximate surface area is 145 Å². The molecule has 1 atom stereocenters. The molecule has 1 aromatic carbocycles. The molecular weight excluding hydrogens is 376 g/mol. The first-order valence-corrected chi connectivity index (χ1v) is 8.77. The van der Waals surface area contributed by atoms with Crippen molar-refractivity contribution in [1.29, 1.82) is 0 Å². The minimum Gasteiger partial charge on any atom is -0.467 e. The molecule has 1 amide bonds. The van der Waals surface area contributed by atoms with Gasteiger partial charge in [0.2, 0.25) is 0 Å². The second kappa shape index (κ2) is 5.86. The number of hydrogen-bond donors (Lipinski definition) is 1. The number of fused-ring (bicyclic) bond motifs is 1. The summed E-state index contributed by atoms with van der Waals surface area (Å²) in [6.45, 7) is 0.424. The van der Waals surface area contributed by atoms with E-state index < -0.39 is 0 Å². The SMILES string of the molecule is O=C1c2ccccc2N[C@@H](c2ccc(Br)s2)N1Cc1ccco1. The molecule has 0 fully saturated rings. The minimum absolute atomic E-state index is 0.00488. The first-order chi connectivity index (χ1) is 11.2. The van der Waals surface area contributed by atoms with Crippen LogP contribution in [0.25, 0.3) is 0 Å². The lowest BCUT2D eigenvalue weighted by Crippen LogP contribution is -2.42. The summed E-state index contributed by atoms with van der Waals surface area (Å²) in [4.78, 5) is 15.9. The van der Waals surface area contributed by atoms with E-state index in [2.05, 4.69) is 21.2 Å². The number of amides is 1. The molecule has 0 radical (unpaired) electrons. The Hall–Kier alpha value is -2.05. The molecular formula is C17H13BrN2O2S. The highest BCUT2D eigenvalue weighted by molar-refractivity contribution is 9.11. The molecule has 4 nitrogen and oxygen atoms in total. The fourth-order valence-electron chi connectivity index (χ4n) is 2.73. The average molecular weight is 389 g/mol. The van der Waals surface area contributed by atoms with Crippen molar-refractivity contribution in [3.63, 3.8) is 0 Å². The summed E-state index contributed by atoms with van der Waals surface area (Å²) in [5, 5.41) is 3.47. The summed E-state index contributed by atoms with van der Waals surface area (Å²) in [5.74, 6) is 0.769. The van der Waals surface area contributed by atoms with Crippen LogP contribution in [0.2, 0.25) is 0 Å². The van der Waals surface area contributed by atoms with Crippen LogP contribution in [-0.4, -0.2) is 10.8 Å². The topological polar surface area (TPSA) is 45.5 Å². The molecule has 2 aromatic heterocycles. The summed E-state index contributed by atoms with van der Waals surface area (Å²) < 4.78 is 6.47. The van der Waals surface area contributed by atoms with Crippen LogP contribution in [0.5, 0.6) is 0 Å². The van der Waals surface area contributed by atoms with Crippen LogP contribution in [0.1, 0.15) is 27.2 Å². The molecule has 3 heterocycles. The zero-order chi connectivity index (χ0) is 15.8. The van der Waals surface area contributed by atoms with Gasteiger partial charge in [-0.25, -0.2) is 0 Å². The maximum Gasteiger partial charge on any atom is 0.258 e. The van der Waals surface area contributed by atoms with Gasteiger partial charge in [0.25, 0.3) is 5.91 Å². The van der Waals surface area contributed by atoms with Crippen LogP contribution in [0, 0.1) is 0 Å². The maximum absolute atomic E-state index is 13.0. The number of nitrogens with zero attached hydrogens (tertiary/aromatic N) is 1. The fraction of sp³-hybridized carbons (Fsp3) is 0.118. The number of carbonyl (C=O) groups is 1. The molecule has 0 bridgehead atoms. The molecule has 0 aliphatic carbocycles. The molecule has 0 saturated carbocycles. The Morgan fingerprint density at radius 1 is 1.17 bits per heavy atom. The van der Waals surface area contributed by atoms with Gasteiger partial charge >= 0.3 is 0 Å². The zero-order valence-corrected chi connectivity index (χ0v) is 14.4. The first kappa shape index (κ1) is 14.5. The summed E-state index contributed by atoms with van der Waals surface area (Å²) in [7, 11) is 0. The number of thiophene rings is 1. The van der Waals surface area contributed by atoms with E-state index in [9.17, 15) is 4.79 Å². The standard InChI is InChI=1S/C17H13BrN2O2S/c18-15-8-7-14(23-15)16-19-13-6-2-1-5-12(13)17(21)20(16)10-11-4-3-9-22-11/h1-9,16,19H,10H2/t16-/m1/s1. The van der Waals surface area contributed by atoms with Crippen molar-refractivity contribution in [2.24, 2.45) is 0 Å². The van der Waals surface area contributed by atoms with E-state index >= 15 is 0 Å². The third-order valence-corrected chi connectivity index (χ3v) is 5.47. The van der Waals surface area contributed by atoms with Gasteiger partial charge in [-0.05, 0) is 52.3 Å². The lowest BCUT2D eigenvalue weighted by molar-refractivity contribution is 0.0654. The van der Waals surface area contributed by atoms with E-state index in [4.69, 9.17) is 4.42 Å². The number of carbonyl (C=O) groups excluding carboxylic acids is 1. The molecule has 4 rings (SSSR count). The molecule has 6 heteroatoms. The van der Waals surface area contributed by atoms with Crippen LogP contribution in [0.4, 0.5) is 5.69 Å². The van der Waals surface area contributed by atoms with E-state index in [1.807, 2.05) is 48.5 Å². The fourth-order valence-corrected chi connectivity index (χ4v) is 4.21. The van der Waals surface area contributed by atoms with Crippen LogP contribution in [0.15, 0.2) is 63.0 Å². The van der Waals surface area contributed by atoms with Gasteiger partial charge in [0.15, 0.2) is 0 Å². The molecule has 1 aliphatic rings. The third-order valence-electron chi connectivity index (χ3n) is 3.79. The van der Waals surface area contributed by atoms with Gasteiger partial charge in [-0.3, -0.25) is 4.79 Å². The molecule has 1 N–H and O–H groups in total. The highest BCUT2D eigenvalue weighted by atomic mass is 79.9. The van der Waals surface area contributed by atoms with Gasteiger partial charge in [-0.1, -0.05) is 12.1 Å². The summed E-state index contributed by atoms with van der Waals surface area (Å²) in [6, 6.07) is 15.3. The average Bonchev–Trinajstić information content (AvgIpc) is 3.21. The smallest absolute Gasteiger partial charge is 0.258 e. The van der Waals surface area contributed by atoms with Gasteiger partial charge in [0.1, 0.15) is 11.9 Å². The summed E-state index contributed by atoms with van der Waals surface area (Å²) >= 11 is 5.11. The van der Waals surface area contributed by atoms with Crippen molar-refractivity contribution in [2.75, 3.05) is 5.32 Å². The molecule has 1 aliphatic heterocycles. The van der Waals surface area contributed by atoms with Gasteiger partial charge in [-0.2, -0.15) is 0 Å². The summed E-state index contributed by atoms with van der Waals surface area (Å²) in [6.07, 6.45) is 1.42. The number of furan rings is 1. The molecule has 0 saturated heterocycles. The van der Waals surface area contributed by atoms with Crippen molar-refractivity contribution >= 4 is 38.9 Å². The minimum atomic E-state index is -0.209. The van der Waals surface area contributed by atoms with Crippen molar-refractivity contribution < 1.29 is 9.21 Å². The Kier molecular flexibility index (Phi) is 3.71. The lowest BCUT2D eigenvalue weighted by atomic mass is 10.1. The number of para-hydroxylation sites is 1. The second-order valence-electron chi connectivity index (χ2n) is 5.25. The van der Waals surface area contributed by atoms with E-state index in [1.165, 1.54) is 0 Å². The number of rotatable bonds is 3. The van der Waals surface area contributed by atoms with Gasteiger partial charge in [0.05, 0.1) is 22.2 Å². The highest BCUT2D eigenvalue weighted by Gasteiger charge is 2.34. The normalized spacial score (nSPS) is 17.0. The predicted octanol–water partition coefficient (Wildman–Crippen LogP) is 4.87. The second-order valence-corrected chi connectivity index (χ2v) is 7.74. The Morgan fingerprint density at radius 3 is 2.78 bits per heavy atom. The largest absolute Gasteiger partial charge is 0.467 e. The third kappa shape index (κ3) is 2.68. The van der Waals surface area contributed by atoms with Crippen molar-refractivity contribution in [1.82, 2.24) is 4.90 Å². The number of nitrogens with one attached hydrogen (secondary N) is 1. The zero-order valence-electron chi connectivity index (χ0n) is 12.0. The van der Waals surface area contributed by atoms with Crippen LogP contribution in [-0.2, 0) is 6.54 Å². The molecule has 116 valence electrons. The number of anilines is 1. The number of halogens is 1. The summed E-state index contributed by atoms with van der Waals surface area (Å²) in [5.41, 5.74) is 1.55. The van der Waals surface area contributed by atoms with Gasteiger partial charge in [-0.15, -0.1) is 11.3 Å². The Bertz CT molecular complexity index is 844. The number of benzene rings is 1. The van der Waals surface area contributed by atoms with Crippen LogP contribution >= 0.6 is 27.3 Å². The van der Waals surface area contributed by atoms with Gasteiger partial charge < -0.3 is 14.6 Å². The highest BCUT2D eigenvalue weighted by Crippen LogP contribution is 2.37. The van der Waals surface area contributed by atoms with E-state index in [0.29, 0.717) is 12.1 Å². The first-order valence-electron chi connectivity index (χ1n) is 7.16. The van der Waals surface area contributed by atoms with Crippen LogP contribution < -0.4 is 5.32 Å². The van der Waals surface area contributed by atoms with E-state index in [1.54, 1.807) is 22.5 Å². The van der Waals surface area contributed by atoms with Crippen molar-refractivity contribution in [3.8, 4) is 0 Å². The molecule has 3 aromatic rings. The van der Waals surface area contributed by atoms with E-state index in [0.717, 1.165) is 20.1 Å². The quantitative estimate of drug-likeness (QED) is 0.695. The van der Waals surface area contributed by atoms with Crippen molar-refractivity contribution in [3.05, 3.63) is 74.8 Å². The Balaban J connectivity index is 1.76. The predicted molar refractivity (Wildman–Crippen MR) is 93.4 cm³/mol. The lowest BCUT2D eigenvalue weighted by Gasteiger charge is -2.36. The monoisotopic (exact) mass is 388 g/mol. The van der Waals surface area contributed by atoms with Crippen LogP contribution in [0.3, 0.4) is 0 Å². The molecule has 0 unspecified atom stereocenters. The molecule has 23 heavy (non-hydrogen) atoms. The van der Waals surface area contributed by atoms with E-state index in [-0.39, 0.29) is 12.1 Å². The molecule has 0 spiro atoms. The number of hydrogen-bond acceptors (Lipinski definition) is 4. The Morgan fingerprint density at radius 2 is 2.04 bits per heavy atom. The van der Waals surface area contributed by atoms with Gasteiger partial charge in [0, 0.05) is 10.6 Å². The maximum atomic E-state index is 13.0.